The standard InChI is InChI=1S/C19H24O/c1-5-6-9-16-13(2)12-14(3)19(15(16)4)17-10-7-8-11-18(17)20/h7-8,10-12,20H,5-6,9H2,1-4H3. The third kappa shape index (κ3) is 2.72. The third-order valence-electron chi connectivity index (χ3n) is 4.08. The van der Waals surface area contributed by atoms with E-state index in [0.29, 0.717) is 5.75 Å². The van der Waals surface area contributed by atoms with Crippen LogP contribution in [-0.4, -0.2) is 5.11 Å². The van der Waals surface area contributed by atoms with Crippen molar-refractivity contribution in [3.05, 3.63) is 52.6 Å². The normalized spacial score (nSPS) is 10.8. The Morgan fingerprint density at radius 2 is 1.70 bits per heavy atom. The Morgan fingerprint density at radius 1 is 1.00 bits per heavy atom. The Labute approximate surface area is 122 Å². The minimum absolute atomic E-state index is 0.365. The molecule has 0 fully saturated rings. The molecule has 0 unspecified atom stereocenters. The second-order valence-electron chi connectivity index (χ2n) is 5.61. The molecule has 1 heteroatoms. The van der Waals surface area contributed by atoms with Crippen molar-refractivity contribution >= 4 is 0 Å². The molecular weight excluding hydrogens is 244 g/mol. The van der Waals surface area contributed by atoms with Crippen LogP contribution in [0.15, 0.2) is 30.3 Å². The highest BCUT2D eigenvalue weighted by Gasteiger charge is 2.14. The number of aryl methyl sites for hydroxylation is 2. The molecule has 20 heavy (non-hydrogen) atoms. The number of hydrogen-bond donors (Lipinski definition) is 1. The molecule has 0 radical (unpaired) electrons. The molecule has 2 aromatic carbocycles. The van der Waals surface area contributed by atoms with Crippen molar-refractivity contribution in [2.45, 2.75) is 47.0 Å². The highest BCUT2D eigenvalue weighted by molar-refractivity contribution is 5.77. The SMILES string of the molecule is CCCCc1c(C)cc(C)c(-c2ccccc2O)c1C. The number of rotatable bonds is 4. The Bertz CT molecular complexity index is 611. The minimum Gasteiger partial charge on any atom is -0.507 e. The number of benzene rings is 2. The summed E-state index contributed by atoms with van der Waals surface area (Å²) in [6.07, 6.45) is 3.54. The zero-order valence-corrected chi connectivity index (χ0v) is 13.0. The van der Waals surface area contributed by atoms with Crippen LogP contribution < -0.4 is 0 Å². The van der Waals surface area contributed by atoms with Crippen molar-refractivity contribution in [2.24, 2.45) is 0 Å². The van der Waals surface area contributed by atoms with E-state index in [0.717, 1.165) is 12.0 Å². The Balaban J connectivity index is 2.62. The summed E-state index contributed by atoms with van der Waals surface area (Å²) in [4.78, 5) is 0. The fraction of sp³-hybridized carbons (Fsp3) is 0.368. The van der Waals surface area contributed by atoms with Crippen LogP contribution in [0.5, 0.6) is 5.75 Å². The van der Waals surface area contributed by atoms with Gasteiger partial charge in [-0.25, -0.2) is 0 Å². The Morgan fingerprint density at radius 3 is 2.35 bits per heavy atom. The van der Waals surface area contributed by atoms with Gasteiger partial charge in [0.05, 0.1) is 0 Å². The molecule has 0 bridgehead atoms. The first-order valence-corrected chi connectivity index (χ1v) is 7.44. The molecule has 1 nitrogen and oxygen atoms in total. The zero-order chi connectivity index (χ0) is 14.7. The smallest absolute Gasteiger partial charge is 0.123 e. The fourth-order valence-electron chi connectivity index (χ4n) is 3.06. The number of aromatic hydroxyl groups is 1. The van der Waals surface area contributed by atoms with E-state index < -0.39 is 0 Å². The Hall–Kier alpha value is -1.76. The van der Waals surface area contributed by atoms with E-state index in [1.165, 1.54) is 40.7 Å². The van der Waals surface area contributed by atoms with Crippen LogP contribution >= 0.6 is 0 Å². The summed E-state index contributed by atoms with van der Waals surface area (Å²) in [5.74, 6) is 0.365. The van der Waals surface area contributed by atoms with E-state index >= 15 is 0 Å². The summed E-state index contributed by atoms with van der Waals surface area (Å²) in [5.41, 5.74) is 7.50. The average Bonchev–Trinajstić information content (AvgIpc) is 2.40. The molecule has 0 saturated carbocycles. The second kappa shape index (κ2) is 6.13. The average molecular weight is 268 g/mol. The van der Waals surface area contributed by atoms with Crippen molar-refractivity contribution in [2.75, 3.05) is 0 Å². The maximum absolute atomic E-state index is 10.1. The van der Waals surface area contributed by atoms with Gasteiger partial charge in [0, 0.05) is 5.56 Å². The van der Waals surface area contributed by atoms with E-state index in [1.807, 2.05) is 18.2 Å². The van der Waals surface area contributed by atoms with Gasteiger partial charge in [0.15, 0.2) is 0 Å². The van der Waals surface area contributed by atoms with Gasteiger partial charge in [0.25, 0.3) is 0 Å². The van der Waals surface area contributed by atoms with Crippen LogP contribution in [0.3, 0.4) is 0 Å². The summed E-state index contributed by atoms with van der Waals surface area (Å²) in [5, 5.41) is 10.1. The highest BCUT2D eigenvalue weighted by atomic mass is 16.3. The fourth-order valence-corrected chi connectivity index (χ4v) is 3.06. The van der Waals surface area contributed by atoms with Gasteiger partial charge >= 0.3 is 0 Å². The van der Waals surface area contributed by atoms with Gasteiger partial charge < -0.3 is 5.11 Å². The number of phenols is 1. The van der Waals surface area contributed by atoms with Crippen LogP contribution in [-0.2, 0) is 6.42 Å². The number of unbranched alkanes of at least 4 members (excludes halogenated alkanes) is 1. The molecule has 106 valence electrons. The van der Waals surface area contributed by atoms with Crippen molar-refractivity contribution < 1.29 is 5.11 Å². The first kappa shape index (κ1) is 14.6. The molecule has 0 saturated heterocycles. The summed E-state index contributed by atoms with van der Waals surface area (Å²) >= 11 is 0. The topological polar surface area (TPSA) is 20.2 Å². The molecule has 2 rings (SSSR count). The van der Waals surface area contributed by atoms with Crippen molar-refractivity contribution in [1.29, 1.82) is 0 Å². The van der Waals surface area contributed by atoms with Crippen molar-refractivity contribution in [3.63, 3.8) is 0 Å². The zero-order valence-electron chi connectivity index (χ0n) is 13.0. The van der Waals surface area contributed by atoms with Gasteiger partial charge in [-0.05, 0) is 67.5 Å². The lowest BCUT2D eigenvalue weighted by atomic mass is 9.87. The molecule has 1 N–H and O–H groups in total. The first-order chi connectivity index (χ1) is 9.56. The molecule has 0 aliphatic rings. The Kier molecular flexibility index (Phi) is 4.49. The van der Waals surface area contributed by atoms with E-state index in [4.69, 9.17) is 0 Å². The lowest BCUT2D eigenvalue weighted by molar-refractivity contribution is 0.477. The van der Waals surface area contributed by atoms with Crippen LogP contribution in [0.25, 0.3) is 11.1 Å². The van der Waals surface area contributed by atoms with Crippen molar-refractivity contribution in [3.8, 4) is 16.9 Å². The largest absolute Gasteiger partial charge is 0.507 e. The molecule has 2 aromatic rings. The summed E-state index contributed by atoms with van der Waals surface area (Å²) in [7, 11) is 0. The molecule has 0 atom stereocenters. The van der Waals surface area contributed by atoms with E-state index in [1.54, 1.807) is 6.07 Å². The van der Waals surface area contributed by atoms with E-state index in [9.17, 15) is 5.11 Å². The number of phenolic OH excluding ortho intramolecular Hbond substituents is 1. The lowest BCUT2D eigenvalue weighted by Crippen LogP contribution is -1.99. The summed E-state index contributed by atoms with van der Waals surface area (Å²) in [6, 6.07) is 9.87. The van der Waals surface area contributed by atoms with Crippen LogP contribution in [0.1, 0.15) is 42.0 Å². The van der Waals surface area contributed by atoms with Gasteiger partial charge in [-0.1, -0.05) is 37.6 Å². The van der Waals surface area contributed by atoms with Gasteiger partial charge in [-0.2, -0.15) is 0 Å². The van der Waals surface area contributed by atoms with E-state index in [-0.39, 0.29) is 0 Å². The maximum Gasteiger partial charge on any atom is 0.123 e. The molecular formula is C19H24O. The summed E-state index contributed by atoms with van der Waals surface area (Å²) in [6.45, 7) is 8.74. The van der Waals surface area contributed by atoms with Crippen molar-refractivity contribution in [1.82, 2.24) is 0 Å². The summed E-state index contributed by atoms with van der Waals surface area (Å²) < 4.78 is 0. The third-order valence-corrected chi connectivity index (χ3v) is 4.08. The van der Waals surface area contributed by atoms with Crippen LogP contribution in [0.2, 0.25) is 0 Å². The molecule has 0 amide bonds. The van der Waals surface area contributed by atoms with Gasteiger partial charge in [0.2, 0.25) is 0 Å². The second-order valence-corrected chi connectivity index (χ2v) is 5.61. The number of para-hydroxylation sites is 1. The maximum atomic E-state index is 10.1. The molecule has 0 aliphatic carbocycles. The molecule has 0 aliphatic heterocycles. The van der Waals surface area contributed by atoms with Crippen LogP contribution in [0.4, 0.5) is 0 Å². The highest BCUT2D eigenvalue weighted by Crippen LogP contribution is 2.36. The quantitative estimate of drug-likeness (QED) is 0.795. The molecule has 0 heterocycles. The predicted octanol–water partition coefficient (Wildman–Crippen LogP) is 5.33. The first-order valence-electron chi connectivity index (χ1n) is 7.44. The van der Waals surface area contributed by atoms with Crippen LogP contribution in [0, 0.1) is 20.8 Å². The van der Waals surface area contributed by atoms with Gasteiger partial charge in [-0.15, -0.1) is 0 Å². The van der Waals surface area contributed by atoms with Gasteiger partial charge in [-0.3, -0.25) is 0 Å². The predicted molar refractivity (Wildman–Crippen MR) is 86.4 cm³/mol. The van der Waals surface area contributed by atoms with Gasteiger partial charge in [0.1, 0.15) is 5.75 Å². The molecule has 0 spiro atoms. The number of hydrogen-bond acceptors (Lipinski definition) is 1. The lowest BCUT2D eigenvalue weighted by Gasteiger charge is -2.18. The van der Waals surface area contributed by atoms with E-state index in [2.05, 4.69) is 33.8 Å². The monoisotopic (exact) mass is 268 g/mol. The molecule has 0 aromatic heterocycles. The minimum atomic E-state index is 0.365.